The zero-order valence-electron chi connectivity index (χ0n) is 17.6. The fraction of sp³-hybridized carbons (Fsp3) is 0.261. The van der Waals surface area contributed by atoms with Gasteiger partial charge < -0.3 is 10.1 Å². The highest BCUT2D eigenvalue weighted by molar-refractivity contribution is 8.14. The summed E-state index contributed by atoms with van der Waals surface area (Å²) in [7, 11) is 1.60. The van der Waals surface area contributed by atoms with E-state index in [1.807, 2.05) is 38.1 Å². The monoisotopic (exact) mass is 457 g/mol. The minimum Gasteiger partial charge on any atom is -0.497 e. The van der Waals surface area contributed by atoms with Crippen molar-refractivity contribution in [3.8, 4) is 5.75 Å². The van der Waals surface area contributed by atoms with Crippen molar-refractivity contribution < 1.29 is 14.3 Å². The van der Waals surface area contributed by atoms with Crippen molar-refractivity contribution >= 4 is 52.1 Å². The molecule has 3 rings (SSSR count). The van der Waals surface area contributed by atoms with Gasteiger partial charge in [-0.2, -0.15) is 0 Å². The lowest BCUT2D eigenvalue weighted by Crippen LogP contribution is -2.35. The topological polar surface area (TPSA) is 71.0 Å². The van der Waals surface area contributed by atoms with Gasteiger partial charge in [0, 0.05) is 11.1 Å². The molecule has 31 heavy (non-hydrogen) atoms. The molecule has 0 fully saturated rings. The van der Waals surface area contributed by atoms with E-state index in [0.717, 1.165) is 17.7 Å². The maximum Gasteiger partial charge on any atom is 0.283 e. The summed E-state index contributed by atoms with van der Waals surface area (Å²) in [4.78, 5) is 31.4. The molecule has 2 amide bonds. The van der Waals surface area contributed by atoms with Crippen molar-refractivity contribution in [2.24, 2.45) is 4.99 Å². The Morgan fingerprint density at radius 3 is 2.52 bits per heavy atom. The molecule has 8 heteroatoms. The lowest BCUT2D eigenvalue weighted by molar-refractivity contribution is -0.119. The third kappa shape index (κ3) is 5.89. The number of benzene rings is 2. The molecule has 2 aromatic carbocycles. The van der Waals surface area contributed by atoms with Crippen LogP contribution in [-0.4, -0.2) is 35.9 Å². The molecule has 1 N–H and O–H groups in total. The first-order valence-corrected chi connectivity index (χ1v) is 11.2. The smallest absolute Gasteiger partial charge is 0.283 e. The van der Waals surface area contributed by atoms with Crippen molar-refractivity contribution in [2.75, 3.05) is 17.8 Å². The quantitative estimate of drug-likeness (QED) is 0.609. The van der Waals surface area contributed by atoms with Gasteiger partial charge in [0.05, 0.1) is 18.6 Å². The second kappa shape index (κ2) is 10.5. The Labute approximate surface area is 191 Å². The van der Waals surface area contributed by atoms with Gasteiger partial charge in [-0.05, 0) is 61.4 Å². The van der Waals surface area contributed by atoms with Crippen molar-refractivity contribution in [1.82, 2.24) is 5.32 Å². The Bertz CT molecular complexity index is 1000. The van der Waals surface area contributed by atoms with Crippen LogP contribution in [0.25, 0.3) is 6.08 Å². The van der Waals surface area contributed by atoms with Crippen LogP contribution in [0.3, 0.4) is 0 Å². The number of nitrogens with one attached hydrogen (secondary N) is 1. The van der Waals surface area contributed by atoms with Crippen molar-refractivity contribution in [1.29, 1.82) is 0 Å². The number of carbonyl (C=O) groups is 2. The van der Waals surface area contributed by atoms with Crippen LogP contribution in [-0.2, 0) is 9.59 Å². The molecule has 1 unspecified atom stereocenters. The van der Waals surface area contributed by atoms with E-state index in [1.54, 1.807) is 37.5 Å². The predicted octanol–water partition coefficient (Wildman–Crippen LogP) is 4.74. The van der Waals surface area contributed by atoms with Crippen LogP contribution in [0.2, 0.25) is 5.02 Å². The zero-order valence-corrected chi connectivity index (χ0v) is 19.2. The number of aliphatic imine (C=N–C) groups is 1. The molecule has 0 aliphatic carbocycles. The highest BCUT2D eigenvalue weighted by Crippen LogP contribution is 2.30. The molecule has 1 heterocycles. The highest BCUT2D eigenvalue weighted by Gasteiger charge is 2.32. The lowest BCUT2D eigenvalue weighted by Gasteiger charge is -2.18. The second-order valence-corrected chi connectivity index (χ2v) is 8.36. The van der Waals surface area contributed by atoms with Gasteiger partial charge in [0.25, 0.3) is 5.91 Å². The number of thioether (sulfide) groups is 1. The first-order valence-electron chi connectivity index (χ1n) is 9.88. The molecule has 1 aliphatic rings. The zero-order chi connectivity index (χ0) is 22.4. The van der Waals surface area contributed by atoms with Crippen LogP contribution in [0.4, 0.5) is 5.69 Å². The van der Waals surface area contributed by atoms with Gasteiger partial charge in [-0.15, -0.1) is 0 Å². The van der Waals surface area contributed by atoms with E-state index in [9.17, 15) is 9.59 Å². The Morgan fingerprint density at radius 2 is 1.90 bits per heavy atom. The molecule has 1 atom stereocenters. The number of hydrogen-bond donors (Lipinski definition) is 1. The third-order valence-corrected chi connectivity index (χ3v) is 5.88. The summed E-state index contributed by atoms with van der Waals surface area (Å²) < 4.78 is 5.18. The summed E-state index contributed by atoms with van der Waals surface area (Å²) in [5.74, 6) is 0.534. The summed E-state index contributed by atoms with van der Waals surface area (Å²) >= 11 is 7.23. The Kier molecular flexibility index (Phi) is 7.76. The molecule has 0 spiro atoms. The first kappa shape index (κ1) is 22.9. The Hall–Kier alpha value is -2.77. The van der Waals surface area contributed by atoms with Gasteiger partial charge in [-0.1, -0.05) is 42.4 Å². The van der Waals surface area contributed by atoms with Crippen molar-refractivity contribution in [3.63, 3.8) is 0 Å². The number of ether oxygens (including phenoxy) is 1. The van der Waals surface area contributed by atoms with Crippen LogP contribution >= 0.6 is 23.4 Å². The van der Waals surface area contributed by atoms with Crippen LogP contribution < -0.4 is 15.0 Å². The number of carbonyl (C=O) groups excluding carboxylic acids is 2. The van der Waals surface area contributed by atoms with E-state index in [1.165, 1.54) is 16.7 Å². The lowest BCUT2D eigenvalue weighted by atomic mass is 10.2. The second-order valence-electron chi connectivity index (χ2n) is 6.98. The minimum atomic E-state index is -0.261. The number of nitrogens with zero attached hydrogens (tertiary/aromatic N) is 2. The number of amides is 2. The Balaban J connectivity index is 1.86. The van der Waals surface area contributed by atoms with Gasteiger partial charge in [-0.3, -0.25) is 14.5 Å². The molecule has 6 nitrogen and oxygen atoms in total. The fourth-order valence-electron chi connectivity index (χ4n) is 2.82. The maximum atomic E-state index is 13.2. The summed E-state index contributed by atoms with van der Waals surface area (Å²) in [6, 6.07) is 14.4. The number of methoxy groups -OCH3 is 1. The molecule has 0 saturated heterocycles. The number of amidine groups is 1. The fourth-order valence-corrected chi connectivity index (χ4v) is 3.77. The average molecular weight is 458 g/mol. The minimum absolute atomic E-state index is 0.0955. The number of anilines is 1. The van der Waals surface area contributed by atoms with Gasteiger partial charge >= 0.3 is 0 Å². The molecule has 2 aromatic rings. The Morgan fingerprint density at radius 1 is 1.23 bits per heavy atom. The van der Waals surface area contributed by atoms with Crippen LogP contribution in [0.5, 0.6) is 5.75 Å². The van der Waals surface area contributed by atoms with E-state index in [0.29, 0.717) is 21.6 Å². The van der Waals surface area contributed by atoms with Gasteiger partial charge in [0.2, 0.25) is 5.91 Å². The highest BCUT2D eigenvalue weighted by atomic mass is 35.5. The van der Waals surface area contributed by atoms with Gasteiger partial charge in [-0.25, -0.2) is 4.99 Å². The standard InChI is InChI=1S/C23H24ClN3O3S/c1-4-15(2)25-21(28)14-31-23-26-20(13-16-5-11-19(30-3)12-6-16)22(29)27(23)18-9-7-17(24)8-10-18/h5-13,15H,4,14H2,1-3H3,(H,25,28)/b20-13+. The van der Waals surface area contributed by atoms with E-state index in [2.05, 4.69) is 10.3 Å². The largest absolute Gasteiger partial charge is 0.497 e. The van der Waals surface area contributed by atoms with E-state index >= 15 is 0 Å². The summed E-state index contributed by atoms with van der Waals surface area (Å²) in [5, 5.41) is 3.95. The number of hydrogen-bond acceptors (Lipinski definition) is 5. The van der Waals surface area contributed by atoms with E-state index in [4.69, 9.17) is 16.3 Å². The van der Waals surface area contributed by atoms with Crippen LogP contribution in [0.15, 0.2) is 59.2 Å². The molecule has 1 aliphatic heterocycles. The summed E-state index contributed by atoms with van der Waals surface area (Å²) in [6.45, 7) is 3.96. The average Bonchev–Trinajstić information content (AvgIpc) is 3.08. The molecule has 162 valence electrons. The molecule has 0 radical (unpaired) electrons. The summed E-state index contributed by atoms with van der Waals surface area (Å²) in [5.41, 5.74) is 1.76. The van der Waals surface area contributed by atoms with Gasteiger partial charge in [0.1, 0.15) is 11.4 Å². The van der Waals surface area contributed by atoms with E-state index in [-0.39, 0.29) is 23.6 Å². The SMILES string of the molecule is CCC(C)NC(=O)CSC1=N/C(=C/c2ccc(OC)cc2)C(=O)N1c1ccc(Cl)cc1. The van der Waals surface area contributed by atoms with Crippen LogP contribution in [0, 0.1) is 0 Å². The molecule has 0 bridgehead atoms. The van der Waals surface area contributed by atoms with Crippen molar-refractivity contribution in [3.05, 3.63) is 64.8 Å². The third-order valence-electron chi connectivity index (χ3n) is 4.69. The van der Waals surface area contributed by atoms with Crippen LogP contribution in [0.1, 0.15) is 25.8 Å². The van der Waals surface area contributed by atoms with Crippen molar-refractivity contribution in [2.45, 2.75) is 26.3 Å². The van der Waals surface area contributed by atoms with Gasteiger partial charge in [0.15, 0.2) is 5.17 Å². The predicted molar refractivity (Wildman–Crippen MR) is 128 cm³/mol. The number of halogens is 1. The normalized spacial score (nSPS) is 15.7. The maximum absolute atomic E-state index is 13.2. The summed E-state index contributed by atoms with van der Waals surface area (Å²) in [6.07, 6.45) is 2.57. The van der Waals surface area contributed by atoms with E-state index < -0.39 is 0 Å². The first-order chi connectivity index (χ1) is 14.9. The number of rotatable bonds is 7. The molecular weight excluding hydrogens is 434 g/mol. The molecular formula is C23H24ClN3O3S. The molecule has 0 aromatic heterocycles. The molecule has 0 saturated carbocycles.